The summed E-state index contributed by atoms with van der Waals surface area (Å²) in [6, 6.07) is 31.4. The summed E-state index contributed by atoms with van der Waals surface area (Å²) >= 11 is 0. The Hall–Kier alpha value is -6.89. The number of carboxylic acid groups (broad SMARTS) is 1. The van der Waals surface area contributed by atoms with Crippen molar-refractivity contribution in [1.29, 1.82) is 0 Å². The SMILES string of the molecule is COc1ccccc1OCC(=O)N1CCC[C@H]1c1ncc(-c2ccc(-c3ccc(-c4cnc([C@@H]5CCCN5C(=O)[C@@H](c5ccccc5)N(C)C(=O)O)[nH]4)cc3)cc2)[nH]1. The van der Waals surface area contributed by atoms with Crippen molar-refractivity contribution in [1.82, 2.24) is 34.6 Å². The highest BCUT2D eigenvalue weighted by atomic mass is 16.5. The second-order valence-corrected chi connectivity index (χ2v) is 14.6. The zero-order valence-electron chi connectivity index (χ0n) is 32.4. The van der Waals surface area contributed by atoms with Gasteiger partial charge in [-0.3, -0.25) is 14.5 Å². The van der Waals surface area contributed by atoms with Gasteiger partial charge < -0.3 is 34.3 Å². The van der Waals surface area contributed by atoms with Gasteiger partial charge in [-0.25, -0.2) is 14.8 Å². The molecular weight excluding hydrogens is 735 g/mol. The van der Waals surface area contributed by atoms with Crippen LogP contribution >= 0.6 is 0 Å². The molecule has 4 aromatic carbocycles. The molecule has 0 saturated carbocycles. The number of likely N-dealkylation sites (N-methyl/N-ethyl adjacent to an activating group) is 1. The van der Waals surface area contributed by atoms with Crippen LogP contribution in [0.4, 0.5) is 4.79 Å². The summed E-state index contributed by atoms with van der Waals surface area (Å²) < 4.78 is 11.2. The molecule has 13 nitrogen and oxygen atoms in total. The van der Waals surface area contributed by atoms with Gasteiger partial charge in [-0.15, -0.1) is 0 Å². The minimum absolute atomic E-state index is 0.0805. The van der Waals surface area contributed by atoms with Crippen LogP contribution in [0.25, 0.3) is 33.6 Å². The monoisotopic (exact) mass is 779 g/mol. The summed E-state index contributed by atoms with van der Waals surface area (Å²) in [5.41, 5.74) is 6.40. The van der Waals surface area contributed by atoms with Crippen LogP contribution in [0.3, 0.4) is 0 Å². The molecule has 2 aliphatic heterocycles. The standard InChI is InChI=1S/C45H45N7O6/c1-50(45(55)56)41(33-10-4-3-5-11-33)44(54)52-25-9-13-37(52)43-47-27-35(49-43)32-22-18-30(19-23-32)29-16-20-31(21-17-29)34-26-46-42(48-34)36-12-8-24-51(36)40(53)28-58-39-15-7-6-14-38(39)57-2/h3-7,10-11,14-23,26-27,36-37,41H,8-9,12-13,24-25,28H2,1-2H3,(H,46,48)(H,47,49)(H,55,56)/t36-,37-,41+/m0/s1. The molecule has 8 rings (SSSR count). The number of amides is 3. The molecule has 58 heavy (non-hydrogen) atoms. The zero-order valence-corrected chi connectivity index (χ0v) is 32.4. The molecule has 0 aliphatic carbocycles. The lowest BCUT2D eigenvalue weighted by molar-refractivity contribution is -0.137. The number of methoxy groups -OCH3 is 1. The van der Waals surface area contributed by atoms with Gasteiger partial charge in [0.05, 0.1) is 43.0 Å². The maximum absolute atomic E-state index is 13.9. The van der Waals surface area contributed by atoms with Crippen molar-refractivity contribution in [3.8, 4) is 45.1 Å². The third kappa shape index (κ3) is 7.75. The summed E-state index contributed by atoms with van der Waals surface area (Å²) in [6.45, 7) is 1.09. The van der Waals surface area contributed by atoms with E-state index in [4.69, 9.17) is 9.47 Å². The van der Waals surface area contributed by atoms with Crippen molar-refractivity contribution >= 4 is 17.9 Å². The van der Waals surface area contributed by atoms with E-state index in [-0.39, 0.29) is 30.5 Å². The van der Waals surface area contributed by atoms with Gasteiger partial charge in [0.2, 0.25) is 0 Å². The number of ether oxygens (including phenoxy) is 2. The number of aromatic amines is 2. The number of benzene rings is 4. The fraction of sp³-hybridized carbons (Fsp3) is 0.267. The first-order chi connectivity index (χ1) is 28.3. The number of carbonyl (C=O) groups is 3. The molecule has 2 saturated heterocycles. The Morgan fingerprint density at radius 1 is 0.724 bits per heavy atom. The van der Waals surface area contributed by atoms with E-state index >= 15 is 0 Å². The van der Waals surface area contributed by atoms with Crippen molar-refractivity contribution in [3.05, 3.63) is 133 Å². The molecule has 0 radical (unpaired) electrons. The smallest absolute Gasteiger partial charge is 0.407 e. The van der Waals surface area contributed by atoms with Gasteiger partial charge in [0.1, 0.15) is 17.7 Å². The summed E-state index contributed by atoms with van der Waals surface area (Å²) in [5.74, 6) is 2.20. The number of imidazole rings is 2. The third-order valence-corrected chi connectivity index (χ3v) is 11.1. The van der Waals surface area contributed by atoms with Crippen molar-refractivity contribution in [3.63, 3.8) is 0 Å². The number of H-pyrrole nitrogens is 2. The molecule has 4 heterocycles. The van der Waals surface area contributed by atoms with Gasteiger partial charge in [-0.2, -0.15) is 0 Å². The van der Waals surface area contributed by atoms with E-state index in [0.29, 0.717) is 36.0 Å². The van der Waals surface area contributed by atoms with E-state index in [1.807, 2.05) is 53.6 Å². The van der Waals surface area contributed by atoms with Crippen LogP contribution in [-0.2, 0) is 9.59 Å². The molecule has 3 atom stereocenters. The van der Waals surface area contributed by atoms with Crippen molar-refractivity contribution in [2.75, 3.05) is 33.9 Å². The predicted octanol–water partition coefficient (Wildman–Crippen LogP) is 7.90. The number of hydrogen-bond donors (Lipinski definition) is 3. The van der Waals surface area contributed by atoms with Crippen molar-refractivity contribution in [2.24, 2.45) is 0 Å². The molecule has 0 spiro atoms. The molecule has 2 aromatic heterocycles. The lowest BCUT2D eigenvalue weighted by Gasteiger charge is -2.32. The van der Waals surface area contributed by atoms with Crippen LogP contribution in [0, 0.1) is 0 Å². The van der Waals surface area contributed by atoms with Gasteiger partial charge in [-0.1, -0.05) is 91.0 Å². The van der Waals surface area contributed by atoms with Crippen LogP contribution in [0.15, 0.2) is 116 Å². The van der Waals surface area contributed by atoms with Crippen LogP contribution in [0.2, 0.25) is 0 Å². The lowest BCUT2D eigenvalue weighted by Crippen LogP contribution is -2.43. The minimum Gasteiger partial charge on any atom is -0.493 e. The molecule has 3 N–H and O–H groups in total. The Kier molecular flexibility index (Phi) is 10.9. The van der Waals surface area contributed by atoms with Crippen molar-refractivity contribution in [2.45, 2.75) is 43.8 Å². The molecule has 2 fully saturated rings. The predicted molar refractivity (Wildman–Crippen MR) is 218 cm³/mol. The van der Waals surface area contributed by atoms with E-state index in [1.54, 1.807) is 42.5 Å². The quantitative estimate of drug-likeness (QED) is 0.113. The summed E-state index contributed by atoms with van der Waals surface area (Å²) in [7, 11) is 3.01. The number of para-hydroxylation sites is 2. The normalized spacial score (nSPS) is 16.9. The first-order valence-electron chi connectivity index (χ1n) is 19.5. The zero-order chi connectivity index (χ0) is 40.2. The highest BCUT2D eigenvalue weighted by molar-refractivity contribution is 5.87. The first-order valence-corrected chi connectivity index (χ1v) is 19.5. The number of rotatable bonds is 12. The van der Waals surface area contributed by atoms with Crippen LogP contribution in [-0.4, -0.2) is 91.5 Å². The molecule has 0 bridgehead atoms. The van der Waals surface area contributed by atoms with E-state index in [1.165, 1.54) is 7.05 Å². The molecular formula is C45H45N7O6. The largest absolute Gasteiger partial charge is 0.493 e. The van der Waals surface area contributed by atoms with E-state index in [2.05, 4.69) is 56.3 Å². The van der Waals surface area contributed by atoms with Crippen LogP contribution in [0.1, 0.15) is 61.0 Å². The summed E-state index contributed by atoms with van der Waals surface area (Å²) in [4.78, 5) is 60.1. The second kappa shape index (κ2) is 16.7. The average molecular weight is 780 g/mol. The number of carbonyl (C=O) groups excluding carboxylic acids is 2. The number of likely N-dealkylation sites (tertiary alicyclic amines) is 2. The Labute approximate surface area is 336 Å². The highest BCUT2D eigenvalue weighted by Crippen LogP contribution is 2.36. The highest BCUT2D eigenvalue weighted by Gasteiger charge is 2.39. The Morgan fingerprint density at radius 2 is 1.22 bits per heavy atom. The fourth-order valence-corrected chi connectivity index (χ4v) is 8.05. The number of hydrogen-bond acceptors (Lipinski definition) is 7. The van der Waals surface area contributed by atoms with Crippen molar-refractivity contribution < 1.29 is 29.0 Å². The average Bonchev–Trinajstić information content (AvgIpc) is 4.11. The molecule has 296 valence electrons. The fourth-order valence-electron chi connectivity index (χ4n) is 8.05. The van der Waals surface area contributed by atoms with Gasteiger partial charge in [0.15, 0.2) is 18.1 Å². The Morgan fingerprint density at radius 3 is 1.78 bits per heavy atom. The maximum atomic E-state index is 13.9. The topological polar surface area (TPSA) is 157 Å². The first kappa shape index (κ1) is 38.0. The van der Waals surface area contributed by atoms with Gasteiger partial charge >= 0.3 is 6.09 Å². The summed E-state index contributed by atoms with van der Waals surface area (Å²) in [5, 5.41) is 9.79. The van der Waals surface area contributed by atoms with Gasteiger partial charge in [-0.05, 0) is 65.6 Å². The number of nitrogens with zero attached hydrogens (tertiary/aromatic N) is 5. The molecule has 3 amide bonds. The Balaban J connectivity index is 0.909. The van der Waals surface area contributed by atoms with Crippen LogP contribution < -0.4 is 9.47 Å². The minimum atomic E-state index is -1.17. The van der Waals surface area contributed by atoms with Gasteiger partial charge in [0.25, 0.3) is 11.8 Å². The van der Waals surface area contributed by atoms with E-state index < -0.39 is 12.1 Å². The number of aromatic nitrogens is 4. The molecule has 2 aliphatic rings. The Bertz CT molecular complexity index is 2380. The second-order valence-electron chi connectivity index (χ2n) is 14.6. The van der Waals surface area contributed by atoms with Crippen LogP contribution in [0.5, 0.6) is 11.5 Å². The summed E-state index contributed by atoms with van der Waals surface area (Å²) in [6.07, 6.45) is 5.67. The molecule has 13 heteroatoms. The maximum Gasteiger partial charge on any atom is 0.407 e. The third-order valence-electron chi connectivity index (χ3n) is 11.1. The molecule has 0 unspecified atom stereocenters. The van der Waals surface area contributed by atoms with Gasteiger partial charge in [0, 0.05) is 20.1 Å². The molecule has 6 aromatic rings. The number of nitrogens with one attached hydrogen (secondary N) is 2. The lowest BCUT2D eigenvalue weighted by atomic mass is 10.0. The van der Waals surface area contributed by atoms with E-state index in [9.17, 15) is 19.5 Å². The van der Waals surface area contributed by atoms with E-state index in [0.717, 1.165) is 70.0 Å².